The van der Waals surface area contributed by atoms with Crippen molar-refractivity contribution in [3.8, 4) is 34.4 Å². The van der Waals surface area contributed by atoms with Crippen LogP contribution in [-0.2, 0) is 6.61 Å². The number of benzene rings is 2. The number of hydrogen-bond donors (Lipinski definition) is 2. The van der Waals surface area contributed by atoms with Crippen LogP contribution in [0.25, 0.3) is 22.9 Å². The summed E-state index contributed by atoms with van der Waals surface area (Å²) in [5.74, 6) is 1.85. The van der Waals surface area contributed by atoms with Gasteiger partial charge in [-0.3, -0.25) is 0 Å². The van der Waals surface area contributed by atoms with Crippen molar-refractivity contribution in [3.05, 3.63) is 77.5 Å². The van der Waals surface area contributed by atoms with E-state index in [0.717, 1.165) is 11.6 Å². The van der Waals surface area contributed by atoms with Gasteiger partial charge in [0.1, 0.15) is 23.9 Å². The van der Waals surface area contributed by atoms with Crippen LogP contribution in [0.1, 0.15) is 5.56 Å². The van der Waals surface area contributed by atoms with Crippen molar-refractivity contribution in [2.45, 2.75) is 18.1 Å². The van der Waals surface area contributed by atoms with Crippen LogP contribution in [0, 0.1) is 0 Å². The van der Waals surface area contributed by atoms with Crippen LogP contribution in [0.5, 0.6) is 11.5 Å². The smallest absolute Gasteiger partial charge is 0.512 e. The molecule has 2 N–H and O–H groups in total. The highest BCUT2D eigenvalue weighted by atomic mass is 35.5. The van der Waals surface area contributed by atoms with Crippen LogP contribution in [0.3, 0.4) is 0 Å². The van der Waals surface area contributed by atoms with E-state index in [2.05, 4.69) is 26.5 Å². The lowest BCUT2D eigenvalue weighted by Crippen LogP contribution is -2.17. The number of aromatic amines is 1. The molecule has 2 aromatic carbocycles. The Morgan fingerprint density at radius 3 is 2.66 bits per heavy atom. The molecule has 4 rings (SSSR count). The molecule has 0 unspecified atom stereocenters. The Bertz CT molecular complexity index is 1340. The summed E-state index contributed by atoms with van der Waals surface area (Å²) < 4.78 is 52.7. The summed E-state index contributed by atoms with van der Waals surface area (Å²) in [6.45, 7) is 3.50. The standard InChI is InChI=1S/C23H17ClF3N3O4S/c1-13(31)12-35-22-28-21(29-30-22)20-8-7-18(33-20)15-3-2-4-16(10-15)32-11-14-5-6-19(17(24)9-14)34-23(25,26)27/h2-10,31H,1,11-12H2,(H,28,29,30). The minimum atomic E-state index is -4.82. The first-order chi connectivity index (χ1) is 16.7. The van der Waals surface area contributed by atoms with Gasteiger partial charge in [-0.25, -0.2) is 0 Å². The van der Waals surface area contributed by atoms with E-state index in [4.69, 9.17) is 20.8 Å². The summed E-state index contributed by atoms with van der Waals surface area (Å²) in [5, 5.41) is 17.6. The normalized spacial score (nSPS) is 11.4. The second-order valence-electron chi connectivity index (χ2n) is 7.13. The summed E-state index contributed by atoms with van der Waals surface area (Å²) in [5.41, 5.74) is 1.31. The number of furan rings is 1. The number of H-pyrrole nitrogens is 1. The van der Waals surface area contributed by atoms with Crippen molar-refractivity contribution in [1.82, 2.24) is 15.2 Å². The maximum atomic E-state index is 12.4. The number of nitrogens with one attached hydrogen (secondary N) is 1. The number of alkyl halides is 3. The van der Waals surface area contributed by atoms with Crippen LogP contribution in [0.15, 0.2) is 76.5 Å². The van der Waals surface area contributed by atoms with Gasteiger partial charge in [0.2, 0.25) is 0 Å². The zero-order valence-electron chi connectivity index (χ0n) is 17.8. The van der Waals surface area contributed by atoms with Gasteiger partial charge in [0.15, 0.2) is 16.7 Å². The molecule has 4 aromatic rings. The lowest BCUT2D eigenvalue weighted by molar-refractivity contribution is -0.274. The third-order valence-electron chi connectivity index (χ3n) is 4.43. The highest BCUT2D eigenvalue weighted by Gasteiger charge is 2.32. The summed E-state index contributed by atoms with van der Waals surface area (Å²) in [4.78, 5) is 3.01. The molecule has 0 aliphatic heterocycles. The molecule has 35 heavy (non-hydrogen) atoms. The number of thioether (sulfide) groups is 1. The average Bonchev–Trinajstić information content (AvgIpc) is 3.47. The molecule has 2 heterocycles. The Kier molecular flexibility index (Phi) is 7.27. The molecule has 0 aliphatic rings. The Balaban J connectivity index is 1.41. The third kappa shape index (κ3) is 6.74. The number of hydrogen-bond acceptors (Lipinski definition) is 7. The molecule has 7 nitrogen and oxygen atoms in total. The van der Waals surface area contributed by atoms with E-state index in [-0.39, 0.29) is 17.4 Å². The molecule has 12 heteroatoms. The first-order valence-corrected chi connectivity index (χ1v) is 11.3. The lowest BCUT2D eigenvalue weighted by atomic mass is 10.1. The number of aromatic nitrogens is 3. The molecule has 182 valence electrons. The number of ether oxygens (including phenoxy) is 2. The van der Waals surface area contributed by atoms with Crippen LogP contribution in [0.4, 0.5) is 13.2 Å². The van der Waals surface area contributed by atoms with Gasteiger partial charge in [-0.05, 0) is 42.0 Å². The molecule has 2 aromatic heterocycles. The van der Waals surface area contributed by atoms with Crippen molar-refractivity contribution >= 4 is 23.4 Å². The predicted molar refractivity (Wildman–Crippen MR) is 124 cm³/mol. The summed E-state index contributed by atoms with van der Waals surface area (Å²) in [6.07, 6.45) is -4.82. The van der Waals surface area contributed by atoms with E-state index in [1.807, 2.05) is 6.07 Å². The molecule has 0 bridgehead atoms. The molecule has 0 aliphatic carbocycles. The third-order valence-corrected chi connectivity index (χ3v) is 5.66. The van der Waals surface area contributed by atoms with Crippen LogP contribution >= 0.6 is 23.4 Å². The highest BCUT2D eigenvalue weighted by Crippen LogP contribution is 2.32. The fourth-order valence-electron chi connectivity index (χ4n) is 2.94. The number of halogens is 4. The van der Waals surface area contributed by atoms with E-state index < -0.39 is 12.1 Å². The largest absolute Gasteiger partial charge is 0.573 e. The van der Waals surface area contributed by atoms with E-state index in [1.165, 1.54) is 23.9 Å². The Morgan fingerprint density at radius 1 is 1.11 bits per heavy atom. The first kappa shape index (κ1) is 24.6. The Morgan fingerprint density at radius 2 is 1.91 bits per heavy atom. The summed E-state index contributed by atoms with van der Waals surface area (Å²) in [6, 6.07) is 14.6. The number of aliphatic hydroxyl groups excluding tert-OH is 1. The molecule has 0 saturated heterocycles. The molecule has 0 saturated carbocycles. The molecule has 0 spiro atoms. The first-order valence-electron chi connectivity index (χ1n) is 9.96. The maximum Gasteiger partial charge on any atom is 0.573 e. The number of nitrogens with zero attached hydrogens (tertiary/aromatic N) is 2. The Labute approximate surface area is 206 Å². The van der Waals surface area contributed by atoms with Gasteiger partial charge in [-0.1, -0.05) is 48.1 Å². The molecule has 0 radical (unpaired) electrons. The topological polar surface area (TPSA) is 93.4 Å². The molecular weight excluding hydrogens is 507 g/mol. The van der Waals surface area contributed by atoms with Gasteiger partial charge in [0, 0.05) is 5.56 Å². The monoisotopic (exact) mass is 523 g/mol. The van der Waals surface area contributed by atoms with Gasteiger partial charge >= 0.3 is 6.36 Å². The van der Waals surface area contributed by atoms with E-state index >= 15 is 0 Å². The number of aliphatic hydroxyl groups is 1. The minimum Gasteiger partial charge on any atom is -0.512 e. The van der Waals surface area contributed by atoms with Crippen LogP contribution in [-0.4, -0.2) is 32.4 Å². The molecular formula is C23H17ClF3N3O4S. The van der Waals surface area contributed by atoms with Crippen LogP contribution < -0.4 is 9.47 Å². The lowest BCUT2D eigenvalue weighted by Gasteiger charge is -2.12. The quantitative estimate of drug-likeness (QED) is 0.180. The van der Waals surface area contributed by atoms with Crippen molar-refractivity contribution in [2.75, 3.05) is 5.75 Å². The maximum absolute atomic E-state index is 12.4. The van der Waals surface area contributed by atoms with E-state index in [9.17, 15) is 18.3 Å². The fourth-order valence-corrected chi connectivity index (χ4v) is 3.75. The van der Waals surface area contributed by atoms with Gasteiger partial charge in [0.05, 0.1) is 16.5 Å². The number of rotatable bonds is 9. The SMILES string of the molecule is C=C(O)CSc1nnc(-c2ccc(-c3cccc(OCc4ccc(OC(F)(F)F)c(Cl)c4)c3)o2)[nH]1. The second-order valence-corrected chi connectivity index (χ2v) is 8.50. The zero-order valence-corrected chi connectivity index (χ0v) is 19.4. The molecule has 0 amide bonds. The van der Waals surface area contributed by atoms with Gasteiger partial charge in [0.25, 0.3) is 0 Å². The molecule has 0 atom stereocenters. The van der Waals surface area contributed by atoms with Crippen molar-refractivity contribution < 1.29 is 32.2 Å². The zero-order chi connectivity index (χ0) is 25.0. The van der Waals surface area contributed by atoms with Crippen molar-refractivity contribution in [1.29, 1.82) is 0 Å². The van der Waals surface area contributed by atoms with Crippen molar-refractivity contribution in [3.63, 3.8) is 0 Å². The van der Waals surface area contributed by atoms with Gasteiger partial charge in [-0.2, -0.15) is 0 Å². The average molecular weight is 524 g/mol. The van der Waals surface area contributed by atoms with Gasteiger partial charge in [-0.15, -0.1) is 23.4 Å². The minimum absolute atomic E-state index is 0.0333. The van der Waals surface area contributed by atoms with E-state index in [1.54, 1.807) is 30.3 Å². The highest BCUT2D eigenvalue weighted by molar-refractivity contribution is 7.99. The molecule has 0 fully saturated rings. The van der Waals surface area contributed by atoms with Gasteiger partial charge < -0.3 is 24.0 Å². The predicted octanol–water partition coefficient (Wildman–Crippen LogP) is 7.03. The van der Waals surface area contributed by atoms with E-state index in [0.29, 0.717) is 39.6 Å². The summed E-state index contributed by atoms with van der Waals surface area (Å²) in [7, 11) is 0. The van der Waals surface area contributed by atoms with Crippen molar-refractivity contribution in [2.24, 2.45) is 0 Å². The fraction of sp³-hybridized carbons (Fsp3) is 0.130. The second kappa shape index (κ2) is 10.4. The van der Waals surface area contributed by atoms with Crippen LogP contribution in [0.2, 0.25) is 5.02 Å². The Hall–Kier alpha value is -3.57. The summed E-state index contributed by atoms with van der Waals surface area (Å²) >= 11 is 7.14.